The van der Waals surface area contributed by atoms with Gasteiger partial charge in [0.1, 0.15) is 9.88 Å². The first-order valence-corrected chi connectivity index (χ1v) is 7.93. The first-order chi connectivity index (χ1) is 9.31. The Balaban J connectivity index is 2.59. The van der Waals surface area contributed by atoms with Crippen LogP contribution in [-0.4, -0.2) is 16.1 Å². The molecule has 5 heteroatoms. The summed E-state index contributed by atoms with van der Waals surface area (Å²) < 4.78 is 1.08. The summed E-state index contributed by atoms with van der Waals surface area (Å²) in [6, 6.07) is 4.07. The van der Waals surface area contributed by atoms with E-state index in [0.29, 0.717) is 10.6 Å². The fraction of sp³-hybridized carbons (Fsp3) is 0.333. The van der Waals surface area contributed by atoms with E-state index in [1.807, 2.05) is 39.8 Å². The van der Waals surface area contributed by atoms with Crippen molar-refractivity contribution in [2.24, 2.45) is 0 Å². The van der Waals surface area contributed by atoms with Crippen molar-refractivity contribution in [2.75, 3.05) is 0 Å². The van der Waals surface area contributed by atoms with E-state index in [2.05, 4.69) is 20.9 Å². The van der Waals surface area contributed by atoms with Crippen LogP contribution in [0.3, 0.4) is 0 Å². The van der Waals surface area contributed by atoms with Crippen LogP contribution in [0.5, 0.6) is 0 Å². The maximum absolute atomic E-state index is 11.3. The lowest BCUT2D eigenvalue weighted by atomic mass is 10.1. The number of carboxylic acid groups (broad SMARTS) is 1. The Hall–Kier alpha value is -1.20. The molecule has 0 aliphatic carbocycles. The van der Waals surface area contributed by atoms with Gasteiger partial charge in [0.2, 0.25) is 0 Å². The normalized spacial score (nSPS) is 11.1. The molecule has 1 heterocycles. The van der Waals surface area contributed by atoms with Crippen LogP contribution < -0.4 is 0 Å². The van der Waals surface area contributed by atoms with Crippen LogP contribution in [0.2, 0.25) is 0 Å². The van der Waals surface area contributed by atoms with E-state index in [9.17, 15) is 9.90 Å². The van der Waals surface area contributed by atoms with Crippen molar-refractivity contribution in [1.29, 1.82) is 0 Å². The second-order valence-corrected chi connectivity index (χ2v) is 6.91. The van der Waals surface area contributed by atoms with Crippen molar-refractivity contribution < 1.29 is 9.90 Å². The van der Waals surface area contributed by atoms with Crippen molar-refractivity contribution in [1.82, 2.24) is 4.98 Å². The highest BCUT2D eigenvalue weighted by molar-refractivity contribution is 9.10. The highest BCUT2D eigenvalue weighted by Gasteiger charge is 2.20. The van der Waals surface area contributed by atoms with Gasteiger partial charge in [0.05, 0.1) is 5.69 Å². The molecular weight excluding hydrogens is 338 g/mol. The summed E-state index contributed by atoms with van der Waals surface area (Å²) in [5.41, 5.74) is 3.88. The first kappa shape index (κ1) is 15.2. The highest BCUT2D eigenvalue weighted by Crippen LogP contribution is 2.34. The number of carbonyl (C=O) groups is 1. The van der Waals surface area contributed by atoms with Crippen molar-refractivity contribution in [3.63, 3.8) is 0 Å². The van der Waals surface area contributed by atoms with Crippen LogP contribution in [0.4, 0.5) is 0 Å². The molecule has 0 aliphatic rings. The van der Waals surface area contributed by atoms with E-state index < -0.39 is 5.97 Å². The van der Waals surface area contributed by atoms with Gasteiger partial charge in [-0.15, -0.1) is 11.3 Å². The van der Waals surface area contributed by atoms with Crippen molar-refractivity contribution in [3.05, 3.63) is 38.3 Å². The van der Waals surface area contributed by atoms with Crippen molar-refractivity contribution in [3.8, 4) is 10.6 Å². The van der Waals surface area contributed by atoms with Gasteiger partial charge in [-0.25, -0.2) is 9.78 Å². The maximum Gasteiger partial charge on any atom is 0.347 e. The van der Waals surface area contributed by atoms with Gasteiger partial charge in [0.25, 0.3) is 0 Å². The fourth-order valence-corrected chi connectivity index (χ4v) is 3.34. The number of aromatic nitrogens is 1. The molecule has 0 aliphatic heterocycles. The van der Waals surface area contributed by atoms with Gasteiger partial charge >= 0.3 is 5.97 Å². The molecule has 0 atom stereocenters. The zero-order valence-electron chi connectivity index (χ0n) is 11.8. The van der Waals surface area contributed by atoms with Gasteiger partial charge in [-0.1, -0.05) is 29.8 Å². The predicted octanol–water partition coefficient (Wildman–Crippen LogP) is 5.01. The number of carboxylic acids is 1. The largest absolute Gasteiger partial charge is 0.477 e. The Morgan fingerprint density at radius 3 is 2.25 bits per heavy atom. The van der Waals surface area contributed by atoms with E-state index in [-0.39, 0.29) is 5.92 Å². The van der Waals surface area contributed by atoms with E-state index in [4.69, 9.17) is 0 Å². The Morgan fingerprint density at radius 1 is 1.30 bits per heavy atom. The predicted molar refractivity (Wildman–Crippen MR) is 85.8 cm³/mol. The number of hydrogen-bond donors (Lipinski definition) is 1. The zero-order valence-corrected chi connectivity index (χ0v) is 14.2. The first-order valence-electron chi connectivity index (χ1n) is 6.32. The fourth-order valence-electron chi connectivity index (χ4n) is 2.07. The van der Waals surface area contributed by atoms with Crippen LogP contribution in [0.25, 0.3) is 10.6 Å². The van der Waals surface area contributed by atoms with Crippen LogP contribution in [-0.2, 0) is 0 Å². The minimum atomic E-state index is -0.900. The second kappa shape index (κ2) is 5.66. The molecule has 0 fully saturated rings. The number of nitrogens with zero attached hydrogens (tertiary/aromatic N) is 1. The number of thiazole rings is 1. The Labute approximate surface area is 130 Å². The number of rotatable bonds is 3. The lowest BCUT2D eigenvalue weighted by Crippen LogP contribution is -2.00. The van der Waals surface area contributed by atoms with Crippen LogP contribution in [0.1, 0.15) is 46.3 Å². The van der Waals surface area contributed by atoms with Gasteiger partial charge in [-0.2, -0.15) is 0 Å². The summed E-state index contributed by atoms with van der Waals surface area (Å²) in [5, 5.41) is 10.1. The molecule has 0 bridgehead atoms. The number of aromatic carboxylic acids is 1. The summed E-state index contributed by atoms with van der Waals surface area (Å²) in [7, 11) is 0. The third-order valence-electron chi connectivity index (χ3n) is 3.08. The molecule has 2 rings (SSSR count). The molecule has 0 radical (unpaired) electrons. The number of aryl methyl sites for hydroxylation is 2. The van der Waals surface area contributed by atoms with Gasteiger partial charge in [0, 0.05) is 10.0 Å². The minimum Gasteiger partial charge on any atom is -0.477 e. The average Bonchev–Trinajstić information content (AvgIpc) is 2.80. The molecule has 0 spiro atoms. The zero-order chi connectivity index (χ0) is 15.0. The molecule has 3 nitrogen and oxygen atoms in total. The molecule has 20 heavy (non-hydrogen) atoms. The smallest absolute Gasteiger partial charge is 0.347 e. The number of halogens is 1. The monoisotopic (exact) mass is 353 g/mol. The molecule has 1 aromatic carbocycles. The third kappa shape index (κ3) is 2.79. The van der Waals surface area contributed by atoms with E-state index in [0.717, 1.165) is 26.2 Å². The van der Waals surface area contributed by atoms with Gasteiger partial charge in [0.15, 0.2) is 0 Å². The van der Waals surface area contributed by atoms with E-state index in [1.165, 1.54) is 11.3 Å². The van der Waals surface area contributed by atoms with E-state index in [1.54, 1.807) is 0 Å². The van der Waals surface area contributed by atoms with Crippen LogP contribution >= 0.6 is 27.3 Å². The van der Waals surface area contributed by atoms with Crippen LogP contribution in [0.15, 0.2) is 16.6 Å². The molecule has 0 saturated heterocycles. The number of hydrogen-bond acceptors (Lipinski definition) is 3. The second-order valence-electron chi connectivity index (χ2n) is 5.12. The van der Waals surface area contributed by atoms with Crippen LogP contribution in [0, 0.1) is 13.8 Å². The Kier molecular flexibility index (Phi) is 4.30. The highest BCUT2D eigenvalue weighted by atomic mass is 79.9. The topological polar surface area (TPSA) is 50.2 Å². The summed E-state index contributed by atoms with van der Waals surface area (Å²) in [5.74, 6) is -0.799. The molecule has 0 amide bonds. The Bertz CT molecular complexity index is 654. The third-order valence-corrected chi connectivity index (χ3v) is 5.44. The molecule has 0 saturated carbocycles. The summed E-state index contributed by atoms with van der Waals surface area (Å²) in [4.78, 5) is 16.2. The minimum absolute atomic E-state index is 0.101. The van der Waals surface area contributed by atoms with E-state index >= 15 is 0 Å². The quantitative estimate of drug-likeness (QED) is 0.843. The number of benzene rings is 1. The van der Waals surface area contributed by atoms with Crippen molar-refractivity contribution >= 4 is 33.2 Å². The SMILES string of the molecule is Cc1cc(-c2nc(C(C)C)c(C(=O)O)s2)cc(C)c1Br. The summed E-state index contributed by atoms with van der Waals surface area (Å²) >= 11 is 4.79. The van der Waals surface area contributed by atoms with Crippen molar-refractivity contribution in [2.45, 2.75) is 33.6 Å². The maximum atomic E-state index is 11.3. The lowest BCUT2D eigenvalue weighted by Gasteiger charge is -2.05. The molecule has 2 aromatic rings. The molecular formula is C15H16BrNO2S. The standard InChI is InChI=1S/C15H16BrNO2S/c1-7(2)12-13(15(18)19)20-14(17-12)10-5-8(3)11(16)9(4)6-10/h5-7H,1-4H3,(H,18,19). The Morgan fingerprint density at radius 2 is 1.85 bits per heavy atom. The van der Waals surface area contributed by atoms with Gasteiger partial charge in [-0.3, -0.25) is 0 Å². The van der Waals surface area contributed by atoms with Gasteiger partial charge in [-0.05, 0) is 43.0 Å². The molecule has 1 aromatic heterocycles. The molecule has 106 valence electrons. The summed E-state index contributed by atoms with van der Waals surface area (Å²) in [6.45, 7) is 7.97. The average molecular weight is 354 g/mol. The molecule has 1 N–H and O–H groups in total. The molecule has 0 unspecified atom stereocenters. The van der Waals surface area contributed by atoms with Gasteiger partial charge < -0.3 is 5.11 Å². The summed E-state index contributed by atoms with van der Waals surface area (Å²) in [6.07, 6.45) is 0. The lowest BCUT2D eigenvalue weighted by molar-refractivity contribution is 0.0700.